The number of hydrogen-bond acceptors (Lipinski definition) is 5. The quantitative estimate of drug-likeness (QED) is 0.729. The standard InChI is InChI=1S/C21H26ClN3O3/c1-4-28-13-16-12-23-14(2)24-20(16)15-7-9-25(10-8-15)21(26)18-6-5-17(22)11-19(18)27-3/h5-6,11-12,15H,4,7-10,13H2,1-3H3. The van der Waals surface area contributed by atoms with Gasteiger partial charge in [-0.05, 0) is 44.9 Å². The lowest BCUT2D eigenvalue weighted by Crippen LogP contribution is -2.38. The maximum atomic E-state index is 13.0. The number of rotatable bonds is 6. The fourth-order valence-corrected chi connectivity index (χ4v) is 3.72. The van der Waals surface area contributed by atoms with Crippen LogP contribution >= 0.6 is 11.6 Å². The van der Waals surface area contributed by atoms with Crippen LogP contribution < -0.4 is 4.74 Å². The summed E-state index contributed by atoms with van der Waals surface area (Å²) in [6.07, 6.45) is 3.58. The molecule has 1 aromatic heterocycles. The minimum absolute atomic E-state index is 0.0274. The van der Waals surface area contributed by atoms with Crippen molar-refractivity contribution in [1.29, 1.82) is 0 Å². The second-order valence-corrected chi connectivity index (χ2v) is 7.31. The molecule has 28 heavy (non-hydrogen) atoms. The van der Waals surface area contributed by atoms with E-state index in [2.05, 4.69) is 9.97 Å². The molecular weight excluding hydrogens is 378 g/mol. The Morgan fingerprint density at radius 2 is 2.07 bits per heavy atom. The minimum Gasteiger partial charge on any atom is -0.496 e. The minimum atomic E-state index is -0.0274. The van der Waals surface area contributed by atoms with Crippen molar-refractivity contribution in [3.8, 4) is 5.75 Å². The molecule has 0 spiro atoms. The molecule has 0 radical (unpaired) electrons. The van der Waals surface area contributed by atoms with E-state index in [1.54, 1.807) is 25.3 Å². The Morgan fingerprint density at radius 3 is 2.75 bits per heavy atom. The first kappa shape index (κ1) is 20.6. The van der Waals surface area contributed by atoms with Gasteiger partial charge >= 0.3 is 0 Å². The summed E-state index contributed by atoms with van der Waals surface area (Å²) in [6, 6.07) is 5.11. The van der Waals surface area contributed by atoms with Crippen molar-refractivity contribution in [3.63, 3.8) is 0 Å². The van der Waals surface area contributed by atoms with E-state index in [1.165, 1.54) is 0 Å². The average Bonchev–Trinajstić information content (AvgIpc) is 2.72. The maximum Gasteiger partial charge on any atom is 0.257 e. The largest absolute Gasteiger partial charge is 0.496 e. The molecule has 6 nitrogen and oxygen atoms in total. The predicted molar refractivity (Wildman–Crippen MR) is 108 cm³/mol. The van der Waals surface area contributed by atoms with Crippen LogP contribution in [0.4, 0.5) is 0 Å². The Balaban J connectivity index is 1.71. The first-order chi connectivity index (χ1) is 13.5. The lowest BCUT2D eigenvalue weighted by molar-refractivity contribution is 0.0707. The molecule has 0 bridgehead atoms. The van der Waals surface area contributed by atoms with Crippen molar-refractivity contribution in [2.45, 2.75) is 39.2 Å². The summed E-state index contributed by atoms with van der Waals surface area (Å²) >= 11 is 6.01. The predicted octanol–water partition coefficient (Wildman–Crippen LogP) is 4.00. The first-order valence-electron chi connectivity index (χ1n) is 9.56. The van der Waals surface area contributed by atoms with Crippen LogP contribution in [0.5, 0.6) is 5.75 Å². The van der Waals surface area contributed by atoms with Gasteiger partial charge in [-0.25, -0.2) is 9.97 Å². The van der Waals surface area contributed by atoms with Crippen molar-refractivity contribution in [2.24, 2.45) is 0 Å². The highest BCUT2D eigenvalue weighted by Crippen LogP contribution is 2.31. The van der Waals surface area contributed by atoms with E-state index in [9.17, 15) is 4.79 Å². The molecule has 0 saturated carbocycles. The van der Waals surface area contributed by atoms with Gasteiger partial charge in [0.2, 0.25) is 0 Å². The van der Waals surface area contributed by atoms with Gasteiger partial charge in [-0.1, -0.05) is 11.6 Å². The molecule has 2 aromatic rings. The van der Waals surface area contributed by atoms with Crippen LogP contribution in [-0.2, 0) is 11.3 Å². The highest BCUT2D eigenvalue weighted by molar-refractivity contribution is 6.30. The summed E-state index contributed by atoms with van der Waals surface area (Å²) in [4.78, 5) is 23.8. The van der Waals surface area contributed by atoms with E-state index < -0.39 is 0 Å². The third-order valence-electron chi connectivity index (χ3n) is 5.04. The number of piperidine rings is 1. The van der Waals surface area contributed by atoms with Gasteiger partial charge in [-0.3, -0.25) is 4.79 Å². The van der Waals surface area contributed by atoms with E-state index >= 15 is 0 Å². The number of hydrogen-bond donors (Lipinski definition) is 0. The summed E-state index contributed by atoms with van der Waals surface area (Å²) in [7, 11) is 1.55. The molecule has 0 unspecified atom stereocenters. The van der Waals surface area contributed by atoms with Crippen LogP contribution in [0.25, 0.3) is 0 Å². The number of nitrogens with zero attached hydrogens (tertiary/aromatic N) is 3. The van der Waals surface area contributed by atoms with Crippen molar-refractivity contribution < 1.29 is 14.3 Å². The normalized spacial score (nSPS) is 14.9. The molecule has 1 fully saturated rings. The van der Waals surface area contributed by atoms with Crippen LogP contribution in [0.15, 0.2) is 24.4 Å². The van der Waals surface area contributed by atoms with Gasteiger partial charge in [-0.2, -0.15) is 0 Å². The molecule has 0 atom stereocenters. The number of benzene rings is 1. The van der Waals surface area contributed by atoms with Gasteiger partial charge in [0, 0.05) is 42.4 Å². The number of methoxy groups -OCH3 is 1. The van der Waals surface area contributed by atoms with Gasteiger partial charge in [0.25, 0.3) is 5.91 Å². The SMILES string of the molecule is CCOCc1cnc(C)nc1C1CCN(C(=O)c2ccc(Cl)cc2OC)CC1. The number of carbonyl (C=O) groups is 1. The molecular formula is C21H26ClN3O3. The molecule has 1 saturated heterocycles. The number of aryl methyl sites for hydroxylation is 1. The van der Waals surface area contributed by atoms with E-state index in [0.29, 0.717) is 48.6 Å². The van der Waals surface area contributed by atoms with Gasteiger partial charge in [0.05, 0.1) is 25.0 Å². The summed E-state index contributed by atoms with van der Waals surface area (Å²) in [6.45, 7) is 6.40. The molecule has 1 aliphatic heterocycles. The zero-order valence-corrected chi connectivity index (χ0v) is 17.3. The van der Waals surface area contributed by atoms with Gasteiger partial charge in [0.15, 0.2) is 0 Å². The summed E-state index contributed by atoms with van der Waals surface area (Å²) in [5, 5.41) is 0.549. The Hall–Kier alpha value is -2.18. The van der Waals surface area contributed by atoms with Gasteiger partial charge < -0.3 is 14.4 Å². The summed E-state index contributed by atoms with van der Waals surface area (Å²) in [5.74, 6) is 1.54. The van der Waals surface area contributed by atoms with Crippen molar-refractivity contribution in [1.82, 2.24) is 14.9 Å². The van der Waals surface area contributed by atoms with Crippen LogP contribution in [0, 0.1) is 6.92 Å². The maximum absolute atomic E-state index is 13.0. The van der Waals surface area contributed by atoms with E-state index in [4.69, 9.17) is 21.1 Å². The Kier molecular flexibility index (Phi) is 6.86. The Labute approximate surface area is 170 Å². The monoisotopic (exact) mass is 403 g/mol. The number of carbonyl (C=O) groups excluding carboxylic acids is 1. The fraction of sp³-hybridized carbons (Fsp3) is 0.476. The molecule has 7 heteroatoms. The fourth-order valence-electron chi connectivity index (χ4n) is 3.56. The smallest absolute Gasteiger partial charge is 0.257 e. The Morgan fingerprint density at radius 1 is 1.32 bits per heavy atom. The average molecular weight is 404 g/mol. The van der Waals surface area contributed by atoms with E-state index in [1.807, 2.05) is 24.9 Å². The summed E-state index contributed by atoms with van der Waals surface area (Å²) < 4.78 is 10.9. The molecule has 2 heterocycles. The molecule has 0 aliphatic carbocycles. The number of aromatic nitrogens is 2. The van der Waals surface area contributed by atoms with Crippen molar-refractivity contribution in [3.05, 3.63) is 52.1 Å². The van der Waals surface area contributed by atoms with Crippen LogP contribution in [-0.4, -0.2) is 47.6 Å². The van der Waals surface area contributed by atoms with Crippen molar-refractivity contribution >= 4 is 17.5 Å². The number of ether oxygens (including phenoxy) is 2. The highest BCUT2D eigenvalue weighted by atomic mass is 35.5. The highest BCUT2D eigenvalue weighted by Gasteiger charge is 2.28. The third kappa shape index (κ3) is 4.62. The molecule has 0 N–H and O–H groups in total. The Bertz CT molecular complexity index is 836. The van der Waals surface area contributed by atoms with Gasteiger partial charge in [-0.15, -0.1) is 0 Å². The molecule has 150 valence electrons. The third-order valence-corrected chi connectivity index (χ3v) is 5.28. The topological polar surface area (TPSA) is 64.6 Å². The van der Waals surface area contributed by atoms with Crippen LogP contribution in [0.2, 0.25) is 5.02 Å². The number of amides is 1. The zero-order chi connectivity index (χ0) is 20.1. The second-order valence-electron chi connectivity index (χ2n) is 6.88. The summed E-state index contributed by atoms with van der Waals surface area (Å²) in [5.41, 5.74) is 2.63. The number of likely N-dealkylation sites (tertiary alicyclic amines) is 1. The van der Waals surface area contributed by atoms with E-state index in [0.717, 1.165) is 29.9 Å². The van der Waals surface area contributed by atoms with Crippen LogP contribution in [0.1, 0.15) is 53.1 Å². The zero-order valence-electron chi connectivity index (χ0n) is 16.6. The lowest BCUT2D eigenvalue weighted by atomic mass is 9.90. The van der Waals surface area contributed by atoms with Gasteiger partial charge in [0.1, 0.15) is 11.6 Å². The molecule has 1 amide bonds. The second kappa shape index (κ2) is 9.34. The molecule has 3 rings (SSSR count). The van der Waals surface area contributed by atoms with Crippen molar-refractivity contribution in [2.75, 3.05) is 26.8 Å². The van der Waals surface area contributed by atoms with E-state index in [-0.39, 0.29) is 5.91 Å². The lowest BCUT2D eigenvalue weighted by Gasteiger charge is -2.32. The number of halogens is 1. The first-order valence-corrected chi connectivity index (χ1v) is 9.94. The molecule has 1 aliphatic rings. The van der Waals surface area contributed by atoms with Crippen LogP contribution in [0.3, 0.4) is 0 Å². The molecule has 1 aromatic carbocycles.